The summed E-state index contributed by atoms with van der Waals surface area (Å²) in [5.41, 5.74) is 0.701. The van der Waals surface area contributed by atoms with Gasteiger partial charge in [0.25, 0.3) is 0 Å². The van der Waals surface area contributed by atoms with Crippen molar-refractivity contribution in [3.63, 3.8) is 0 Å². The minimum absolute atomic E-state index is 0.237. The second-order valence-corrected chi connectivity index (χ2v) is 9.93. The fourth-order valence-electron chi connectivity index (χ4n) is 1.86. The number of aromatic nitrogens is 1. The third-order valence-corrected chi connectivity index (χ3v) is 7.46. The molecule has 0 amide bonds. The second-order valence-electron chi connectivity index (χ2n) is 5.21. The average Bonchev–Trinajstić information content (AvgIpc) is 2.39. The normalized spacial score (nSPS) is 15.5. The molecule has 1 aromatic heterocycles. The highest BCUT2D eigenvalue weighted by molar-refractivity contribution is 7.73. The molecular formula is C14H22NO5P2+. The Bertz CT molecular complexity index is 631. The lowest BCUT2D eigenvalue weighted by Gasteiger charge is -2.18. The Hall–Kier alpha value is -0.950. The van der Waals surface area contributed by atoms with Gasteiger partial charge in [0, 0.05) is 19.2 Å². The molecule has 0 aliphatic carbocycles. The molecule has 0 saturated heterocycles. The molecule has 0 spiro atoms. The largest absolute Gasteiger partial charge is 0.344 e. The SMILES string of the molecule is CCCCC#Cc1ccc[n+](CC(P(C)(=O)O)P(=O)(O)O)c1. The number of unbranched alkanes of at least 4 members (excludes halogenated alkanes) is 2. The molecule has 22 heavy (non-hydrogen) atoms. The first-order valence-electron chi connectivity index (χ1n) is 6.97. The van der Waals surface area contributed by atoms with Crippen LogP contribution in [0.2, 0.25) is 0 Å². The van der Waals surface area contributed by atoms with Crippen LogP contribution in [0.4, 0.5) is 0 Å². The Labute approximate surface area is 130 Å². The van der Waals surface area contributed by atoms with Gasteiger partial charge in [-0.2, -0.15) is 0 Å². The zero-order chi connectivity index (χ0) is 16.8. The van der Waals surface area contributed by atoms with E-state index >= 15 is 0 Å². The first-order valence-corrected chi connectivity index (χ1v) is 10.8. The van der Waals surface area contributed by atoms with Gasteiger partial charge in [0.2, 0.25) is 7.37 Å². The number of hydrogen-bond donors (Lipinski definition) is 3. The predicted octanol–water partition coefficient (Wildman–Crippen LogP) is 1.92. The molecule has 8 heteroatoms. The van der Waals surface area contributed by atoms with Gasteiger partial charge in [0.1, 0.15) is 0 Å². The maximum atomic E-state index is 11.7. The minimum Gasteiger partial charge on any atom is -0.344 e. The Morgan fingerprint density at radius 2 is 2.00 bits per heavy atom. The first kappa shape index (κ1) is 19.1. The van der Waals surface area contributed by atoms with Gasteiger partial charge in [-0.3, -0.25) is 9.13 Å². The first-order chi connectivity index (χ1) is 10.1. The van der Waals surface area contributed by atoms with E-state index in [1.807, 2.05) is 0 Å². The second kappa shape index (κ2) is 8.06. The van der Waals surface area contributed by atoms with Crippen LogP contribution >= 0.6 is 15.0 Å². The van der Waals surface area contributed by atoms with E-state index in [4.69, 9.17) is 0 Å². The molecule has 0 radical (unpaired) electrons. The summed E-state index contributed by atoms with van der Waals surface area (Å²) in [7, 11) is -8.61. The van der Waals surface area contributed by atoms with Gasteiger partial charge in [-0.05, 0) is 12.5 Å². The van der Waals surface area contributed by atoms with Crippen LogP contribution < -0.4 is 4.57 Å². The Balaban J connectivity index is 2.95. The van der Waals surface area contributed by atoms with E-state index in [0.29, 0.717) is 5.56 Å². The monoisotopic (exact) mass is 346 g/mol. The van der Waals surface area contributed by atoms with Gasteiger partial charge < -0.3 is 14.7 Å². The molecule has 1 heterocycles. The summed E-state index contributed by atoms with van der Waals surface area (Å²) < 4.78 is 24.6. The lowest BCUT2D eigenvalue weighted by atomic mass is 10.2. The zero-order valence-electron chi connectivity index (χ0n) is 12.7. The van der Waals surface area contributed by atoms with Gasteiger partial charge in [0.05, 0.1) is 5.56 Å². The number of nitrogens with zero attached hydrogens (tertiary/aromatic N) is 1. The molecule has 0 saturated carbocycles. The van der Waals surface area contributed by atoms with Crippen molar-refractivity contribution in [2.75, 3.05) is 6.66 Å². The third kappa shape index (κ3) is 6.44. The molecule has 0 aliphatic heterocycles. The van der Waals surface area contributed by atoms with Crippen molar-refractivity contribution in [1.82, 2.24) is 0 Å². The summed E-state index contributed by atoms with van der Waals surface area (Å²) >= 11 is 0. The van der Waals surface area contributed by atoms with Crippen LogP contribution in [-0.4, -0.2) is 26.7 Å². The number of pyridine rings is 1. The van der Waals surface area contributed by atoms with Crippen LogP contribution in [0.3, 0.4) is 0 Å². The number of rotatable bonds is 6. The smallest absolute Gasteiger partial charge is 0.344 e. The van der Waals surface area contributed by atoms with Gasteiger partial charge >= 0.3 is 7.60 Å². The minimum atomic E-state index is -4.68. The van der Waals surface area contributed by atoms with Crippen LogP contribution in [0.25, 0.3) is 0 Å². The maximum Gasteiger partial charge on any atom is 0.344 e. The van der Waals surface area contributed by atoms with Crippen LogP contribution in [-0.2, 0) is 15.7 Å². The highest BCUT2D eigenvalue weighted by Gasteiger charge is 2.43. The molecular weight excluding hydrogens is 324 g/mol. The summed E-state index contributed by atoms with van der Waals surface area (Å²) in [5, 5.41) is -1.62. The summed E-state index contributed by atoms with van der Waals surface area (Å²) in [6.07, 6.45) is 6.09. The molecule has 2 unspecified atom stereocenters. The average molecular weight is 346 g/mol. The molecule has 0 fully saturated rings. The van der Waals surface area contributed by atoms with Crippen molar-refractivity contribution < 1.29 is 28.4 Å². The van der Waals surface area contributed by atoms with Crippen molar-refractivity contribution in [1.29, 1.82) is 0 Å². The van der Waals surface area contributed by atoms with Crippen molar-refractivity contribution in [3.8, 4) is 11.8 Å². The van der Waals surface area contributed by atoms with E-state index in [1.165, 1.54) is 4.57 Å². The van der Waals surface area contributed by atoms with E-state index in [-0.39, 0.29) is 6.54 Å². The highest BCUT2D eigenvalue weighted by Crippen LogP contribution is 2.60. The maximum absolute atomic E-state index is 11.7. The van der Waals surface area contributed by atoms with Crippen molar-refractivity contribution in [3.05, 3.63) is 30.1 Å². The van der Waals surface area contributed by atoms with E-state index in [0.717, 1.165) is 25.9 Å². The predicted molar refractivity (Wildman–Crippen MR) is 84.6 cm³/mol. The molecule has 6 nitrogen and oxygen atoms in total. The van der Waals surface area contributed by atoms with Crippen LogP contribution in [0, 0.1) is 11.8 Å². The van der Waals surface area contributed by atoms with Gasteiger partial charge in [-0.15, -0.1) is 0 Å². The summed E-state index contributed by atoms with van der Waals surface area (Å²) in [6.45, 7) is 2.81. The fourth-order valence-corrected chi connectivity index (χ4v) is 4.99. The lowest BCUT2D eigenvalue weighted by Crippen LogP contribution is -2.39. The van der Waals surface area contributed by atoms with Gasteiger partial charge in [-0.25, -0.2) is 4.57 Å². The van der Waals surface area contributed by atoms with Crippen LogP contribution in [0.15, 0.2) is 24.5 Å². The quantitative estimate of drug-likeness (QED) is 0.316. The summed E-state index contributed by atoms with van der Waals surface area (Å²) in [6, 6.07) is 3.48. The van der Waals surface area contributed by atoms with Crippen molar-refractivity contribution in [2.24, 2.45) is 0 Å². The van der Waals surface area contributed by atoms with E-state index in [1.54, 1.807) is 24.5 Å². The lowest BCUT2D eigenvalue weighted by molar-refractivity contribution is -0.694. The van der Waals surface area contributed by atoms with Gasteiger partial charge in [-0.1, -0.05) is 25.2 Å². The Kier molecular flexibility index (Phi) is 6.99. The molecule has 3 N–H and O–H groups in total. The van der Waals surface area contributed by atoms with Crippen LogP contribution in [0.5, 0.6) is 0 Å². The molecule has 0 aliphatic rings. The van der Waals surface area contributed by atoms with Crippen molar-refractivity contribution >= 4 is 15.0 Å². The molecule has 0 aromatic carbocycles. The Morgan fingerprint density at radius 1 is 1.32 bits per heavy atom. The molecule has 122 valence electrons. The topological polar surface area (TPSA) is 98.7 Å². The van der Waals surface area contributed by atoms with Crippen LogP contribution in [0.1, 0.15) is 31.7 Å². The molecule has 2 atom stereocenters. The zero-order valence-corrected chi connectivity index (χ0v) is 14.5. The fraction of sp³-hybridized carbons (Fsp3) is 0.500. The highest BCUT2D eigenvalue weighted by atomic mass is 31.2. The van der Waals surface area contributed by atoms with Crippen molar-refractivity contribution in [2.45, 2.75) is 38.1 Å². The van der Waals surface area contributed by atoms with E-state index in [2.05, 4.69) is 18.8 Å². The third-order valence-electron chi connectivity index (χ3n) is 3.06. The van der Waals surface area contributed by atoms with Gasteiger partial charge in [0.15, 0.2) is 24.3 Å². The summed E-state index contributed by atoms with van der Waals surface area (Å²) in [4.78, 5) is 28.1. The van der Waals surface area contributed by atoms with E-state index < -0.39 is 20.4 Å². The molecule has 1 rings (SSSR count). The standard InChI is InChI=1S/C14H21NO5P2/c1-3-4-5-6-8-13-9-7-10-15(11-13)12-14(21(2,16)17)22(18,19)20/h7,9-11,14H,3-5,12H2,1-2H3,(H2-,16,17,18,19,20)/p+1. The molecule has 0 bridgehead atoms. The van der Waals surface area contributed by atoms with E-state index in [9.17, 15) is 23.8 Å². The number of hydrogen-bond acceptors (Lipinski definition) is 2. The summed E-state index contributed by atoms with van der Waals surface area (Å²) in [5.74, 6) is 6.00. The molecule has 1 aromatic rings. The Morgan fingerprint density at radius 3 is 2.55 bits per heavy atom.